The van der Waals surface area contributed by atoms with Crippen molar-refractivity contribution in [1.29, 1.82) is 0 Å². The van der Waals surface area contributed by atoms with Crippen LogP contribution in [-0.4, -0.2) is 33.1 Å². The van der Waals surface area contributed by atoms with E-state index in [1.54, 1.807) is 41.5 Å². The van der Waals surface area contributed by atoms with Gasteiger partial charge in [-0.15, -0.1) is 0 Å². The molecule has 0 bridgehead atoms. The molecule has 5 rings (SSSR count). The highest BCUT2D eigenvalue weighted by atomic mass is 19.1. The summed E-state index contributed by atoms with van der Waals surface area (Å²) in [4.78, 5) is 26.9. The molecule has 0 spiro atoms. The lowest BCUT2D eigenvalue weighted by Crippen LogP contribution is -2.39. The fourth-order valence-corrected chi connectivity index (χ4v) is 4.23. The maximum atomic E-state index is 14.2. The molecule has 2 N–H and O–H groups in total. The first-order chi connectivity index (χ1) is 19.1. The minimum absolute atomic E-state index is 0.0389. The number of amides is 2. The van der Waals surface area contributed by atoms with Crippen LogP contribution in [0.25, 0.3) is 10.9 Å². The molecule has 0 aliphatic heterocycles. The van der Waals surface area contributed by atoms with Crippen LogP contribution in [0.4, 0.5) is 10.1 Å². The SMILES string of the molecule is CC(C)(C)n1cc(NC=O)cn1.CCc1cc(C)c(Oc2ccnc3ccc(C(=O)NC4CCC4)cc23)cc1F. The van der Waals surface area contributed by atoms with Crippen molar-refractivity contribution in [1.82, 2.24) is 20.1 Å². The molecule has 2 heterocycles. The molecule has 8 nitrogen and oxygen atoms in total. The number of aryl methyl sites for hydroxylation is 2. The van der Waals surface area contributed by atoms with Crippen LogP contribution < -0.4 is 15.4 Å². The van der Waals surface area contributed by atoms with Gasteiger partial charge in [-0.3, -0.25) is 19.3 Å². The van der Waals surface area contributed by atoms with E-state index < -0.39 is 0 Å². The van der Waals surface area contributed by atoms with E-state index in [-0.39, 0.29) is 23.3 Å². The van der Waals surface area contributed by atoms with Crippen LogP contribution in [0.15, 0.2) is 55.0 Å². The quantitative estimate of drug-likeness (QED) is 0.258. The van der Waals surface area contributed by atoms with E-state index >= 15 is 0 Å². The number of hydrogen-bond acceptors (Lipinski definition) is 5. The van der Waals surface area contributed by atoms with Crippen LogP contribution in [0.1, 0.15) is 68.4 Å². The summed E-state index contributed by atoms with van der Waals surface area (Å²) in [6, 6.07) is 10.6. The van der Waals surface area contributed by atoms with Crippen molar-refractivity contribution in [3.05, 3.63) is 77.5 Å². The number of nitrogens with one attached hydrogen (secondary N) is 2. The molecule has 1 saturated carbocycles. The van der Waals surface area contributed by atoms with E-state index in [1.165, 1.54) is 6.07 Å². The van der Waals surface area contributed by atoms with E-state index in [9.17, 15) is 14.0 Å². The predicted octanol–water partition coefficient (Wildman–Crippen LogP) is 6.53. The molecule has 2 aromatic carbocycles. The normalized spacial score (nSPS) is 13.2. The minimum Gasteiger partial charge on any atom is -0.456 e. The van der Waals surface area contributed by atoms with Gasteiger partial charge < -0.3 is 15.4 Å². The third-order valence-corrected chi connectivity index (χ3v) is 6.84. The van der Waals surface area contributed by atoms with Crippen LogP contribution in [0, 0.1) is 12.7 Å². The number of carbonyl (C=O) groups is 2. The number of benzene rings is 2. The maximum absolute atomic E-state index is 14.2. The molecule has 1 aliphatic carbocycles. The number of rotatable bonds is 7. The van der Waals surface area contributed by atoms with E-state index in [4.69, 9.17) is 4.74 Å². The third-order valence-electron chi connectivity index (χ3n) is 6.84. The second-order valence-corrected chi connectivity index (χ2v) is 10.9. The van der Waals surface area contributed by atoms with Crippen molar-refractivity contribution < 1.29 is 18.7 Å². The lowest BCUT2D eigenvalue weighted by atomic mass is 9.93. The van der Waals surface area contributed by atoms with Crippen LogP contribution in [0.5, 0.6) is 11.5 Å². The van der Waals surface area contributed by atoms with Crippen LogP contribution in [-0.2, 0) is 16.8 Å². The van der Waals surface area contributed by atoms with Gasteiger partial charge in [0, 0.05) is 35.5 Å². The van der Waals surface area contributed by atoms with Crippen molar-refractivity contribution in [2.75, 3.05) is 5.32 Å². The van der Waals surface area contributed by atoms with Gasteiger partial charge in [-0.1, -0.05) is 6.92 Å². The first-order valence-electron chi connectivity index (χ1n) is 13.5. The van der Waals surface area contributed by atoms with Gasteiger partial charge in [0.15, 0.2) is 0 Å². The monoisotopic (exact) mass is 545 g/mol. The summed E-state index contributed by atoms with van der Waals surface area (Å²) in [6.07, 6.45) is 9.58. The smallest absolute Gasteiger partial charge is 0.251 e. The van der Waals surface area contributed by atoms with E-state index in [0.717, 1.165) is 41.4 Å². The van der Waals surface area contributed by atoms with Gasteiger partial charge >= 0.3 is 0 Å². The number of ether oxygens (including phenoxy) is 1. The molecule has 0 saturated heterocycles. The molecule has 0 atom stereocenters. The summed E-state index contributed by atoms with van der Waals surface area (Å²) >= 11 is 0. The molecule has 40 heavy (non-hydrogen) atoms. The van der Waals surface area contributed by atoms with Gasteiger partial charge in [0.05, 0.1) is 22.9 Å². The summed E-state index contributed by atoms with van der Waals surface area (Å²) in [5.74, 6) is 0.652. The average molecular weight is 546 g/mol. The number of fused-ring (bicyclic) bond motifs is 1. The Bertz CT molecular complexity index is 1500. The van der Waals surface area contributed by atoms with Crippen LogP contribution in [0.2, 0.25) is 0 Å². The summed E-state index contributed by atoms with van der Waals surface area (Å²) in [5, 5.41) is 10.4. The molecule has 1 aliphatic rings. The minimum atomic E-state index is -0.276. The van der Waals surface area contributed by atoms with Crippen molar-refractivity contribution in [2.24, 2.45) is 0 Å². The highest BCUT2D eigenvalue weighted by Gasteiger charge is 2.21. The van der Waals surface area contributed by atoms with Gasteiger partial charge in [-0.2, -0.15) is 5.10 Å². The molecule has 2 aromatic heterocycles. The lowest BCUT2D eigenvalue weighted by molar-refractivity contribution is -0.105. The molecule has 210 valence electrons. The van der Waals surface area contributed by atoms with Gasteiger partial charge in [0.25, 0.3) is 5.91 Å². The fourth-order valence-electron chi connectivity index (χ4n) is 4.23. The number of pyridine rings is 1. The van der Waals surface area contributed by atoms with Crippen molar-refractivity contribution in [3.8, 4) is 11.5 Å². The summed E-state index contributed by atoms with van der Waals surface area (Å²) in [7, 11) is 0. The molecule has 0 unspecified atom stereocenters. The van der Waals surface area contributed by atoms with E-state index in [2.05, 4.69) is 20.7 Å². The predicted molar refractivity (Wildman–Crippen MR) is 154 cm³/mol. The van der Waals surface area contributed by atoms with E-state index in [0.29, 0.717) is 35.5 Å². The Hall–Kier alpha value is -4.27. The highest BCUT2D eigenvalue weighted by Crippen LogP contribution is 2.33. The molecule has 2 amide bonds. The lowest BCUT2D eigenvalue weighted by Gasteiger charge is -2.26. The summed E-state index contributed by atoms with van der Waals surface area (Å²) in [5.41, 5.74) is 3.51. The number of nitrogens with zero attached hydrogens (tertiary/aromatic N) is 3. The zero-order chi connectivity index (χ0) is 28.9. The third kappa shape index (κ3) is 6.83. The highest BCUT2D eigenvalue weighted by molar-refractivity contribution is 5.99. The Morgan fingerprint density at radius 2 is 1.95 bits per heavy atom. The molecular formula is C31H36FN5O3. The second-order valence-electron chi connectivity index (χ2n) is 10.9. The van der Waals surface area contributed by atoms with E-state index in [1.807, 2.05) is 46.8 Å². The molecule has 9 heteroatoms. The maximum Gasteiger partial charge on any atom is 0.251 e. The van der Waals surface area contributed by atoms with Crippen LogP contribution in [0.3, 0.4) is 0 Å². The van der Waals surface area contributed by atoms with Gasteiger partial charge in [0.2, 0.25) is 6.41 Å². The standard InChI is InChI=1S/C23H23FN2O2.C8H13N3O/c1-3-15-11-14(2)22(13-19(15)24)28-21-9-10-25-20-8-7-16(12-18(20)21)23(27)26-17-5-4-6-17;1-8(2,3)11-5-7(4-10-11)9-6-12/h7-13,17H,3-6H2,1-2H3,(H,26,27);4-6H,1-3H3,(H,9,12). The Balaban J connectivity index is 0.000000259. The zero-order valence-corrected chi connectivity index (χ0v) is 23.6. The number of carbonyl (C=O) groups excluding carboxylic acids is 2. The first-order valence-corrected chi connectivity index (χ1v) is 13.5. The number of anilines is 1. The second kappa shape index (κ2) is 12.3. The molecule has 0 radical (unpaired) electrons. The van der Waals surface area contributed by atoms with Gasteiger partial charge in [-0.05, 0) is 94.8 Å². The van der Waals surface area contributed by atoms with Crippen molar-refractivity contribution >= 4 is 28.9 Å². The van der Waals surface area contributed by atoms with Gasteiger partial charge in [0.1, 0.15) is 17.3 Å². The average Bonchev–Trinajstić information content (AvgIpc) is 3.38. The van der Waals surface area contributed by atoms with Crippen molar-refractivity contribution in [3.63, 3.8) is 0 Å². The molecule has 4 aromatic rings. The summed E-state index contributed by atoms with van der Waals surface area (Å²) in [6.45, 7) is 9.96. The Morgan fingerprint density at radius 3 is 2.58 bits per heavy atom. The largest absolute Gasteiger partial charge is 0.456 e. The summed E-state index contributed by atoms with van der Waals surface area (Å²) < 4.78 is 22.1. The van der Waals surface area contributed by atoms with Crippen LogP contribution >= 0.6 is 0 Å². The van der Waals surface area contributed by atoms with Crippen molar-refractivity contribution in [2.45, 2.75) is 71.9 Å². The Labute approximate surface area is 234 Å². The number of halogens is 1. The fraction of sp³-hybridized carbons (Fsp3) is 0.355. The Morgan fingerprint density at radius 1 is 1.18 bits per heavy atom. The topological polar surface area (TPSA) is 98.1 Å². The molecular weight excluding hydrogens is 509 g/mol. The number of aromatic nitrogens is 3. The zero-order valence-electron chi connectivity index (χ0n) is 23.6. The number of hydrogen-bond donors (Lipinski definition) is 2. The Kier molecular flexibility index (Phi) is 8.82. The van der Waals surface area contributed by atoms with Gasteiger partial charge in [-0.25, -0.2) is 4.39 Å². The first kappa shape index (κ1) is 28.7. The molecule has 1 fully saturated rings.